The molecule has 0 aromatic carbocycles. The molecule has 1 heterocycles. The predicted molar refractivity (Wildman–Crippen MR) is 40.1 cm³/mol. The number of hydrogen-bond acceptors (Lipinski definition) is 2. The third kappa shape index (κ3) is 1.24. The predicted octanol–water partition coefficient (Wildman–Crippen LogP) is 2.11. The highest BCUT2D eigenvalue weighted by molar-refractivity contribution is 8.17. The number of thioether (sulfide) groups is 1. The van der Waals surface area contributed by atoms with E-state index in [9.17, 15) is 4.79 Å². The smallest absolute Gasteiger partial charge is 0.223 e. The Labute approximate surface area is 58.8 Å². The van der Waals surface area contributed by atoms with Gasteiger partial charge in [0.25, 0.3) is 0 Å². The van der Waals surface area contributed by atoms with Gasteiger partial charge in [-0.25, -0.2) is 0 Å². The van der Waals surface area contributed by atoms with Gasteiger partial charge in [-0.2, -0.15) is 0 Å². The quantitative estimate of drug-likeness (QED) is 0.479. The van der Waals surface area contributed by atoms with Crippen molar-refractivity contribution in [2.45, 2.75) is 13.8 Å². The summed E-state index contributed by atoms with van der Waals surface area (Å²) in [7, 11) is 0. The van der Waals surface area contributed by atoms with Gasteiger partial charge in [0, 0.05) is 5.57 Å². The largest absolute Gasteiger partial charge is 0.281 e. The molecule has 0 spiro atoms. The maximum absolute atomic E-state index is 10.9. The molecule has 0 aromatic rings. The summed E-state index contributed by atoms with van der Waals surface area (Å²) < 4.78 is 0. The lowest BCUT2D eigenvalue weighted by molar-refractivity contribution is -0.107. The third-order valence-corrected chi connectivity index (χ3v) is 1.87. The Hall–Kier alpha value is -0.500. The van der Waals surface area contributed by atoms with Gasteiger partial charge >= 0.3 is 0 Å². The summed E-state index contributed by atoms with van der Waals surface area (Å²) in [6, 6.07) is 0. The van der Waals surface area contributed by atoms with Gasteiger partial charge in [-0.15, -0.1) is 0 Å². The zero-order chi connectivity index (χ0) is 6.85. The van der Waals surface area contributed by atoms with Crippen LogP contribution < -0.4 is 0 Å². The zero-order valence-corrected chi connectivity index (χ0v) is 6.29. The first kappa shape index (κ1) is 6.62. The van der Waals surface area contributed by atoms with Gasteiger partial charge in [-0.3, -0.25) is 4.79 Å². The van der Waals surface area contributed by atoms with Crippen LogP contribution in [0.2, 0.25) is 0 Å². The highest BCUT2D eigenvalue weighted by Gasteiger charge is 2.12. The SMILES string of the molecule is CC(C)=C1C=CSC1=O. The van der Waals surface area contributed by atoms with E-state index < -0.39 is 0 Å². The topological polar surface area (TPSA) is 17.1 Å². The van der Waals surface area contributed by atoms with Crippen LogP contribution >= 0.6 is 11.8 Å². The molecule has 0 aliphatic carbocycles. The molecule has 0 amide bonds. The van der Waals surface area contributed by atoms with Gasteiger partial charge in [0.2, 0.25) is 5.12 Å². The molecule has 2 heteroatoms. The van der Waals surface area contributed by atoms with E-state index in [0.29, 0.717) is 0 Å². The van der Waals surface area contributed by atoms with Crippen molar-refractivity contribution in [3.8, 4) is 0 Å². The third-order valence-electron chi connectivity index (χ3n) is 1.17. The minimum Gasteiger partial charge on any atom is -0.281 e. The van der Waals surface area contributed by atoms with Crippen LogP contribution in [0.1, 0.15) is 13.8 Å². The maximum atomic E-state index is 10.9. The van der Waals surface area contributed by atoms with Crippen LogP contribution in [-0.2, 0) is 4.79 Å². The fourth-order valence-electron chi connectivity index (χ4n) is 0.666. The first-order valence-electron chi connectivity index (χ1n) is 2.77. The highest BCUT2D eigenvalue weighted by atomic mass is 32.2. The molecule has 0 bridgehead atoms. The zero-order valence-electron chi connectivity index (χ0n) is 5.47. The summed E-state index contributed by atoms with van der Waals surface area (Å²) in [6.45, 7) is 3.90. The van der Waals surface area contributed by atoms with E-state index in [1.807, 2.05) is 25.3 Å². The molecule has 1 aliphatic rings. The molecule has 1 rings (SSSR count). The van der Waals surface area contributed by atoms with Crippen molar-refractivity contribution in [3.63, 3.8) is 0 Å². The summed E-state index contributed by atoms with van der Waals surface area (Å²) in [4.78, 5) is 10.9. The average molecular weight is 140 g/mol. The van der Waals surface area contributed by atoms with Gasteiger partial charge in [0.05, 0.1) is 0 Å². The van der Waals surface area contributed by atoms with Crippen molar-refractivity contribution in [1.29, 1.82) is 0 Å². The van der Waals surface area contributed by atoms with Gasteiger partial charge in [-0.05, 0) is 25.3 Å². The van der Waals surface area contributed by atoms with E-state index >= 15 is 0 Å². The van der Waals surface area contributed by atoms with Crippen molar-refractivity contribution in [2.75, 3.05) is 0 Å². The van der Waals surface area contributed by atoms with Gasteiger partial charge in [0.15, 0.2) is 0 Å². The fraction of sp³-hybridized carbons (Fsp3) is 0.286. The van der Waals surface area contributed by atoms with Crippen LogP contribution in [-0.4, -0.2) is 5.12 Å². The van der Waals surface area contributed by atoms with Crippen LogP contribution in [0.5, 0.6) is 0 Å². The minimum atomic E-state index is 0.176. The Balaban J connectivity index is 2.95. The molecule has 0 atom stereocenters. The Kier molecular flexibility index (Phi) is 1.76. The Bertz CT molecular complexity index is 197. The molecule has 0 saturated carbocycles. The number of carbonyl (C=O) groups is 1. The van der Waals surface area contributed by atoms with Crippen LogP contribution in [0.25, 0.3) is 0 Å². The standard InChI is InChI=1S/C7H8OS/c1-5(2)6-3-4-9-7(6)8/h3-4H,1-2H3. The molecular formula is C7H8OS. The molecule has 0 unspecified atom stereocenters. The molecule has 1 nitrogen and oxygen atoms in total. The van der Waals surface area contributed by atoms with Crippen LogP contribution in [0, 0.1) is 0 Å². The van der Waals surface area contributed by atoms with Gasteiger partial charge < -0.3 is 0 Å². The lowest BCUT2D eigenvalue weighted by atomic mass is 10.2. The molecule has 0 aromatic heterocycles. The van der Waals surface area contributed by atoms with Crippen molar-refractivity contribution >= 4 is 16.9 Å². The summed E-state index contributed by atoms with van der Waals surface area (Å²) in [6.07, 6.45) is 1.86. The Morgan fingerprint density at radius 1 is 1.56 bits per heavy atom. The average Bonchev–Trinajstić information content (AvgIpc) is 2.13. The second-order valence-electron chi connectivity index (χ2n) is 2.12. The minimum absolute atomic E-state index is 0.176. The second-order valence-corrected chi connectivity index (χ2v) is 3.00. The molecule has 0 N–H and O–H groups in total. The fourth-order valence-corrected chi connectivity index (χ4v) is 1.39. The van der Waals surface area contributed by atoms with E-state index in [1.165, 1.54) is 11.8 Å². The first-order valence-corrected chi connectivity index (χ1v) is 3.65. The first-order chi connectivity index (χ1) is 4.22. The van der Waals surface area contributed by atoms with E-state index in [2.05, 4.69) is 0 Å². The van der Waals surface area contributed by atoms with E-state index in [1.54, 1.807) is 0 Å². The summed E-state index contributed by atoms with van der Waals surface area (Å²) in [5.74, 6) is 0. The highest BCUT2D eigenvalue weighted by Crippen LogP contribution is 2.23. The van der Waals surface area contributed by atoms with E-state index in [-0.39, 0.29) is 5.12 Å². The van der Waals surface area contributed by atoms with E-state index in [4.69, 9.17) is 0 Å². The molecule has 0 saturated heterocycles. The van der Waals surface area contributed by atoms with Crippen LogP contribution in [0.3, 0.4) is 0 Å². The van der Waals surface area contributed by atoms with Crippen LogP contribution in [0.4, 0.5) is 0 Å². The number of allylic oxidation sites excluding steroid dienone is 2. The lowest BCUT2D eigenvalue weighted by Gasteiger charge is -1.92. The summed E-state index contributed by atoms with van der Waals surface area (Å²) in [5, 5.41) is 2.00. The van der Waals surface area contributed by atoms with Crippen molar-refractivity contribution in [3.05, 3.63) is 22.6 Å². The van der Waals surface area contributed by atoms with Gasteiger partial charge in [0.1, 0.15) is 0 Å². The maximum Gasteiger partial charge on any atom is 0.223 e. The second kappa shape index (κ2) is 2.40. The van der Waals surface area contributed by atoms with Crippen molar-refractivity contribution in [2.24, 2.45) is 0 Å². The van der Waals surface area contributed by atoms with Crippen molar-refractivity contribution < 1.29 is 4.79 Å². The molecular weight excluding hydrogens is 132 g/mol. The Morgan fingerprint density at radius 3 is 2.44 bits per heavy atom. The summed E-state index contributed by atoms with van der Waals surface area (Å²) >= 11 is 1.26. The van der Waals surface area contributed by atoms with E-state index in [0.717, 1.165) is 11.1 Å². The molecule has 1 aliphatic heterocycles. The number of rotatable bonds is 0. The monoisotopic (exact) mass is 140 g/mol. The lowest BCUT2D eigenvalue weighted by Crippen LogP contribution is -1.89. The molecule has 9 heavy (non-hydrogen) atoms. The van der Waals surface area contributed by atoms with Crippen molar-refractivity contribution in [1.82, 2.24) is 0 Å². The molecule has 48 valence electrons. The Morgan fingerprint density at radius 2 is 2.22 bits per heavy atom. The molecule has 0 fully saturated rings. The number of carbonyl (C=O) groups excluding carboxylic acids is 1. The number of hydrogen-bond donors (Lipinski definition) is 0. The summed E-state index contributed by atoms with van der Waals surface area (Å²) in [5.41, 5.74) is 1.96. The van der Waals surface area contributed by atoms with Gasteiger partial charge in [-0.1, -0.05) is 17.3 Å². The van der Waals surface area contributed by atoms with Crippen LogP contribution in [0.15, 0.2) is 22.6 Å². The normalized spacial score (nSPS) is 17.1. The molecule has 0 radical (unpaired) electrons.